The third kappa shape index (κ3) is 1.18. The Morgan fingerprint density at radius 1 is 1.75 bits per heavy atom. The maximum Gasteiger partial charge on any atom is 0.272 e. The van der Waals surface area contributed by atoms with Crippen molar-refractivity contribution in [3.8, 4) is 0 Å². The summed E-state index contributed by atoms with van der Waals surface area (Å²) in [5, 5.41) is 0. The van der Waals surface area contributed by atoms with Crippen LogP contribution >= 0.6 is 0 Å². The van der Waals surface area contributed by atoms with Crippen molar-refractivity contribution in [3.63, 3.8) is 0 Å². The maximum absolute atomic E-state index is 5.00. The predicted molar refractivity (Wildman–Crippen MR) is 26.7 cm³/mol. The van der Waals surface area contributed by atoms with Crippen molar-refractivity contribution < 1.29 is 14.2 Å². The van der Waals surface area contributed by atoms with Crippen LogP contribution in [0.2, 0.25) is 0 Å². The third-order valence-electron chi connectivity index (χ3n) is 0.947. The highest BCUT2D eigenvalue weighted by Gasteiger charge is 2.20. The molecule has 1 radical (unpaired) electrons. The number of rotatable bonds is 1. The highest BCUT2D eigenvalue weighted by atomic mass is 16.9. The molecule has 2 atom stereocenters. The standard InChI is InChI=1S/C5H9O3/c1-4-3-7-5(6-2)8-4/h4-5H,2-3H2,1H3. The van der Waals surface area contributed by atoms with Gasteiger partial charge in [-0.3, -0.25) is 0 Å². The molecule has 0 aromatic heterocycles. The van der Waals surface area contributed by atoms with Crippen LogP contribution in [0.5, 0.6) is 0 Å². The number of hydrogen-bond acceptors (Lipinski definition) is 3. The van der Waals surface area contributed by atoms with Gasteiger partial charge in [-0.05, 0) is 6.92 Å². The van der Waals surface area contributed by atoms with Gasteiger partial charge in [0.2, 0.25) is 0 Å². The lowest BCUT2D eigenvalue weighted by Crippen LogP contribution is -2.09. The zero-order valence-electron chi connectivity index (χ0n) is 4.79. The topological polar surface area (TPSA) is 27.7 Å². The second kappa shape index (κ2) is 2.44. The van der Waals surface area contributed by atoms with Gasteiger partial charge in [0, 0.05) is 0 Å². The Hall–Kier alpha value is -0.120. The highest BCUT2D eigenvalue weighted by Crippen LogP contribution is 2.10. The molecule has 1 rings (SSSR count). The fraction of sp³-hybridized carbons (Fsp3) is 0.800. The molecule has 1 aliphatic rings. The molecule has 0 saturated carbocycles. The van der Waals surface area contributed by atoms with Crippen LogP contribution in [0.3, 0.4) is 0 Å². The van der Waals surface area contributed by atoms with Crippen molar-refractivity contribution in [3.05, 3.63) is 7.11 Å². The summed E-state index contributed by atoms with van der Waals surface area (Å²) in [6.07, 6.45) is 0.141. The van der Waals surface area contributed by atoms with Crippen molar-refractivity contribution in [2.24, 2.45) is 0 Å². The summed E-state index contributed by atoms with van der Waals surface area (Å²) in [5.74, 6) is 0. The summed E-state index contributed by atoms with van der Waals surface area (Å²) in [5.41, 5.74) is 0. The van der Waals surface area contributed by atoms with Crippen LogP contribution in [0, 0.1) is 7.11 Å². The van der Waals surface area contributed by atoms with E-state index in [0.29, 0.717) is 6.61 Å². The zero-order valence-corrected chi connectivity index (χ0v) is 4.79. The molecule has 8 heavy (non-hydrogen) atoms. The maximum atomic E-state index is 5.00. The molecule has 0 aromatic carbocycles. The first-order valence-corrected chi connectivity index (χ1v) is 2.51. The molecule has 0 aliphatic carbocycles. The van der Waals surface area contributed by atoms with Crippen LogP contribution < -0.4 is 0 Å². The van der Waals surface area contributed by atoms with E-state index < -0.39 is 6.48 Å². The lowest BCUT2D eigenvalue weighted by Gasteiger charge is -2.04. The molecule has 1 fully saturated rings. The van der Waals surface area contributed by atoms with Gasteiger partial charge >= 0.3 is 0 Å². The lowest BCUT2D eigenvalue weighted by atomic mass is 10.5. The first-order valence-electron chi connectivity index (χ1n) is 2.51. The molecule has 0 aromatic rings. The largest absolute Gasteiger partial charge is 0.328 e. The van der Waals surface area contributed by atoms with Gasteiger partial charge in [0.05, 0.1) is 19.8 Å². The molecule has 3 heteroatoms. The molecule has 1 saturated heterocycles. The molecular formula is C5H9O3. The molecule has 0 N–H and O–H groups in total. The third-order valence-corrected chi connectivity index (χ3v) is 0.947. The van der Waals surface area contributed by atoms with Crippen LogP contribution in [-0.2, 0) is 14.2 Å². The Labute approximate surface area is 48.5 Å². The fourth-order valence-corrected chi connectivity index (χ4v) is 0.570. The van der Waals surface area contributed by atoms with Crippen LogP contribution in [0.4, 0.5) is 0 Å². The molecule has 1 heterocycles. The van der Waals surface area contributed by atoms with Crippen LogP contribution in [0.1, 0.15) is 6.92 Å². The summed E-state index contributed by atoms with van der Waals surface area (Å²) in [4.78, 5) is 0. The van der Waals surface area contributed by atoms with E-state index in [1.54, 1.807) is 0 Å². The SMILES string of the molecule is [CH2]OC1OCC(C)O1. The van der Waals surface area contributed by atoms with Gasteiger partial charge in [0.1, 0.15) is 0 Å². The van der Waals surface area contributed by atoms with Gasteiger partial charge < -0.3 is 14.2 Å². The first kappa shape index (κ1) is 6.01. The lowest BCUT2D eigenvalue weighted by molar-refractivity contribution is -0.209. The van der Waals surface area contributed by atoms with Crippen molar-refractivity contribution in [2.45, 2.75) is 19.5 Å². The second-order valence-electron chi connectivity index (χ2n) is 1.74. The van der Waals surface area contributed by atoms with E-state index in [0.717, 1.165) is 0 Å². The van der Waals surface area contributed by atoms with Crippen LogP contribution in [0.15, 0.2) is 0 Å². The van der Waals surface area contributed by atoms with E-state index in [4.69, 9.17) is 9.47 Å². The second-order valence-corrected chi connectivity index (χ2v) is 1.74. The van der Waals surface area contributed by atoms with E-state index in [1.807, 2.05) is 6.92 Å². The molecule has 47 valence electrons. The molecule has 3 nitrogen and oxygen atoms in total. The Morgan fingerprint density at radius 3 is 2.75 bits per heavy atom. The minimum Gasteiger partial charge on any atom is -0.328 e. The van der Waals surface area contributed by atoms with Crippen LogP contribution in [0.25, 0.3) is 0 Å². The number of ether oxygens (including phenoxy) is 3. The molecule has 0 amide bonds. The zero-order chi connectivity index (χ0) is 5.98. The average Bonchev–Trinajstić information content (AvgIpc) is 2.14. The first-order chi connectivity index (χ1) is 3.83. The molecule has 1 aliphatic heterocycles. The van der Waals surface area contributed by atoms with Gasteiger partial charge in [-0.1, -0.05) is 0 Å². The minimum atomic E-state index is -0.537. The molecule has 0 bridgehead atoms. The van der Waals surface area contributed by atoms with Gasteiger partial charge in [0.15, 0.2) is 0 Å². The Kier molecular flexibility index (Phi) is 1.83. The van der Waals surface area contributed by atoms with Gasteiger partial charge in [-0.15, -0.1) is 0 Å². The average molecular weight is 117 g/mol. The van der Waals surface area contributed by atoms with E-state index in [9.17, 15) is 0 Å². The van der Waals surface area contributed by atoms with Gasteiger partial charge in [-0.25, -0.2) is 0 Å². The van der Waals surface area contributed by atoms with Gasteiger partial charge in [0.25, 0.3) is 6.48 Å². The molecule has 2 unspecified atom stereocenters. The van der Waals surface area contributed by atoms with Gasteiger partial charge in [-0.2, -0.15) is 0 Å². The van der Waals surface area contributed by atoms with E-state index in [1.165, 1.54) is 0 Å². The van der Waals surface area contributed by atoms with Crippen molar-refractivity contribution in [1.29, 1.82) is 0 Å². The Balaban J connectivity index is 2.22. The van der Waals surface area contributed by atoms with Crippen molar-refractivity contribution in [1.82, 2.24) is 0 Å². The van der Waals surface area contributed by atoms with E-state index >= 15 is 0 Å². The van der Waals surface area contributed by atoms with Crippen LogP contribution in [-0.4, -0.2) is 19.2 Å². The smallest absolute Gasteiger partial charge is 0.272 e. The normalized spacial score (nSPS) is 38.2. The minimum absolute atomic E-state index is 0.141. The molecule has 0 spiro atoms. The summed E-state index contributed by atoms with van der Waals surface area (Å²) in [6, 6.07) is 0. The molecular weight excluding hydrogens is 108 g/mol. The fourth-order valence-electron chi connectivity index (χ4n) is 0.570. The summed E-state index contributed by atoms with van der Waals surface area (Å²) < 4.78 is 14.4. The summed E-state index contributed by atoms with van der Waals surface area (Å²) in [6.45, 7) is 1.98. The Morgan fingerprint density at radius 2 is 2.50 bits per heavy atom. The number of hydrogen-bond donors (Lipinski definition) is 0. The quantitative estimate of drug-likeness (QED) is 0.501. The van der Waals surface area contributed by atoms with Crippen molar-refractivity contribution in [2.75, 3.05) is 6.61 Å². The summed E-state index contributed by atoms with van der Waals surface area (Å²) >= 11 is 0. The Bertz CT molecular complexity index is 74.1. The monoisotopic (exact) mass is 117 g/mol. The van der Waals surface area contributed by atoms with Crippen molar-refractivity contribution >= 4 is 0 Å². The van der Waals surface area contributed by atoms with E-state index in [2.05, 4.69) is 11.8 Å². The van der Waals surface area contributed by atoms with E-state index in [-0.39, 0.29) is 6.10 Å². The predicted octanol–water partition coefficient (Wildman–Crippen LogP) is 0.513. The summed E-state index contributed by atoms with van der Waals surface area (Å²) in [7, 11) is 3.15. The highest BCUT2D eigenvalue weighted by molar-refractivity contribution is 4.52.